The fraction of sp³-hybridized carbons (Fsp3) is 0.500. The molecule has 1 saturated carbocycles. The monoisotopic (exact) mass is 620 g/mol. The molecule has 0 bridgehead atoms. The molecule has 4 N–H and O–H groups in total. The molecule has 0 aromatic heterocycles. The van der Waals surface area contributed by atoms with E-state index >= 15 is 0 Å². The maximum atomic E-state index is 14.7. The van der Waals surface area contributed by atoms with Gasteiger partial charge in [0.25, 0.3) is 11.5 Å². The Morgan fingerprint density at radius 1 is 0.860 bits per heavy atom. The molecule has 2 aliphatic rings. The molecule has 1 aliphatic carbocycles. The predicted molar refractivity (Wildman–Crippen MR) is 140 cm³/mol. The molecule has 2 aromatic carbocycles. The van der Waals surface area contributed by atoms with E-state index in [2.05, 4.69) is 10.6 Å². The molecule has 1 saturated heterocycles. The average Bonchev–Trinajstić information content (AvgIpc) is 2.94. The van der Waals surface area contributed by atoms with Crippen LogP contribution in [0.25, 0.3) is 0 Å². The second kappa shape index (κ2) is 12.7. The molecule has 0 atom stereocenters. The maximum Gasteiger partial charge on any atom is 0.430 e. The van der Waals surface area contributed by atoms with Gasteiger partial charge >= 0.3 is 18.4 Å². The molecule has 43 heavy (non-hydrogen) atoms. The first-order valence-corrected chi connectivity index (χ1v) is 13.6. The number of hydrogen-bond acceptors (Lipinski definition) is 5. The van der Waals surface area contributed by atoms with Gasteiger partial charge in [-0.05, 0) is 49.4 Å². The number of carbonyl (C=O) groups is 2. The minimum Gasteiger partial charge on any atom is -0.393 e. The first kappa shape index (κ1) is 32.5. The SMILES string of the molecule is O=C(Nc1ccc(C(=O)N2CCN(Cc3ccc(C(O)(C(F)(F)F)C(F)(F)F)cc3)CC2)cc1F)N[C@H]1CC[C@H](O)CC1. The van der Waals surface area contributed by atoms with E-state index in [1.165, 1.54) is 17.0 Å². The van der Waals surface area contributed by atoms with Crippen LogP contribution in [0.2, 0.25) is 0 Å². The van der Waals surface area contributed by atoms with Gasteiger partial charge in [0.2, 0.25) is 0 Å². The van der Waals surface area contributed by atoms with Crippen molar-refractivity contribution >= 4 is 17.6 Å². The number of aliphatic hydroxyl groups is 2. The van der Waals surface area contributed by atoms with Crippen molar-refractivity contribution < 1.29 is 50.5 Å². The lowest BCUT2D eigenvalue weighted by Gasteiger charge is -2.35. The van der Waals surface area contributed by atoms with E-state index in [1.807, 2.05) is 4.90 Å². The van der Waals surface area contributed by atoms with E-state index < -0.39 is 41.3 Å². The number of rotatable bonds is 6. The summed E-state index contributed by atoms with van der Waals surface area (Å²) in [6.45, 7) is 1.32. The third kappa shape index (κ3) is 7.39. The van der Waals surface area contributed by atoms with E-state index in [0.29, 0.717) is 56.5 Å². The van der Waals surface area contributed by atoms with Gasteiger partial charge in [-0.1, -0.05) is 24.3 Å². The Kier molecular flexibility index (Phi) is 9.57. The molecule has 2 aromatic rings. The lowest BCUT2D eigenvalue weighted by molar-refractivity contribution is -0.376. The Labute approximate surface area is 242 Å². The second-order valence-electron chi connectivity index (χ2n) is 10.8. The molecule has 3 amide bonds. The summed E-state index contributed by atoms with van der Waals surface area (Å²) >= 11 is 0. The number of alkyl halides is 6. The van der Waals surface area contributed by atoms with Gasteiger partial charge in [0.15, 0.2) is 0 Å². The molecule has 8 nitrogen and oxygen atoms in total. The number of amides is 3. The highest BCUT2D eigenvalue weighted by Crippen LogP contribution is 2.50. The molecule has 2 fully saturated rings. The third-order valence-electron chi connectivity index (χ3n) is 7.75. The van der Waals surface area contributed by atoms with Crippen molar-refractivity contribution in [2.75, 3.05) is 31.5 Å². The minimum atomic E-state index is -5.97. The summed E-state index contributed by atoms with van der Waals surface area (Å²) in [6, 6.07) is 6.30. The van der Waals surface area contributed by atoms with E-state index in [4.69, 9.17) is 0 Å². The highest BCUT2D eigenvalue weighted by molar-refractivity contribution is 5.95. The Bertz CT molecular complexity index is 1270. The van der Waals surface area contributed by atoms with Crippen LogP contribution in [0, 0.1) is 5.82 Å². The number of nitrogens with zero attached hydrogens (tertiary/aromatic N) is 2. The summed E-state index contributed by atoms with van der Waals surface area (Å²) in [5, 5.41) is 24.3. The number of carbonyl (C=O) groups excluding carboxylic acids is 2. The summed E-state index contributed by atoms with van der Waals surface area (Å²) in [4.78, 5) is 28.5. The topological polar surface area (TPSA) is 105 Å². The summed E-state index contributed by atoms with van der Waals surface area (Å²) in [6.07, 6.45) is -9.96. The Morgan fingerprint density at radius 3 is 1.98 bits per heavy atom. The van der Waals surface area contributed by atoms with Crippen LogP contribution in [0.5, 0.6) is 0 Å². The number of piperazine rings is 1. The maximum absolute atomic E-state index is 14.7. The number of halogens is 7. The van der Waals surface area contributed by atoms with Gasteiger partial charge in [-0.2, -0.15) is 26.3 Å². The number of urea groups is 1. The summed E-state index contributed by atoms with van der Waals surface area (Å²) < 4.78 is 93.4. The van der Waals surface area contributed by atoms with E-state index in [9.17, 15) is 50.5 Å². The molecule has 4 rings (SSSR count). The van der Waals surface area contributed by atoms with Crippen molar-refractivity contribution in [3.63, 3.8) is 0 Å². The molecule has 0 radical (unpaired) electrons. The molecular formula is C28H31F7N4O4. The zero-order valence-electron chi connectivity index (χ0n) is 22.8. The van der Waals surface area contributed by atoms with Gasteiger partial charge in [-0.3, -0.25) is 9.69 Å². The van der Waals surface area contributed by atoms with Gasteiger partial charge in [0.1, 0.15) is 5.82 Å². The summed E-state index contributed by atoms with van der Waals surface area (Å²) in [5.74, 6) is -1.25. The fourth-order valence-corrected chi connectivity index (χ4v) is 5.20. The largest absolute Gasteiger partial charge is 0.430 e. The lowest BCUT2D eigenvalue weighted by atomic mass is 9.91. The summed E-state index contributed by atoms with van der Waals surface area (Å²) in [7, 11) is 0. The Balaban J connectivity index is 1.29. The van der Waals surface area contributed by atoms with Crippen LogP contribution in [-0.2, 0) is 12.1 Å². The normalized spacial score (nSPS) is 20.5. The smallest absolute Gasteiger partial charge is 0.393 e. The average molecular weight is 621 g/mol. The van der Waals surface area contributed by atoms with Crippen LogP contribution in [0.3, 0.4) is 0 Å². The first-order chi connectivity index (χ1) is 20.1. The van der Waals surface area contributed by atoms with Crippen LogP contribution < -0.4 is 10.6 Å². The quantitative estimate of drug-likeness (QED) is 0.356. The second-order valence-corrected chi connectivity index (χ2v) is 10.8. The van der Waals surface area contributed by atoms with Crippen LogP contribution in [0.15, 0.2) is 42.5 Å². The van der Waals surface area contributed by atoms with E-state index in [0.717, 1.165) is 18.2 Å². The number of aliphatic hydroxyl groups excluding tert-OH is 1. The zero-order valence-corrected chi connectivity index (χ0v) is 22.8. The number of nitrogens with one attached hydrogen (secondary N) is 2. The molecule has 0 spiro atoms. The highest BCUT2D eigenvalue weighted by atomic mass is 19.4. The van der Waals surface area contributed by atoms with Gasteiger partial charge < -0.3 is 25.7 Å². The van der Waals surface area contributed by atoms with E-state index in [-0.39, 0.29) is 43.0 Å². The lowest BCUT2D eigenvalue weighted by Crippen LogP contribution is -2.53. The fourth-order valence-electron chi connectivity index (χ4n) is 5.20. The highest BCUT2D eigenvalue weighted by Gasteiger charge is 2.71. The molecule has 1 aliphatic heterocycles. The van der Waals surface area contributed by atoms with Crippen molar-refractivity contribution in [2.45, 2.75) is 62.3 Å². The number of benzene rings is 2. The van der Waals surface area contributed by atoms with Gasteiger partial charge in [-0.15, -0.1) is 0 Å². The third-order valence-corrected chi connectivity index (χ3v) is 7.75. The van der Waals surface area contributed by atoms with Gasteiger partial charge in [0.05, 0.1) is 11.8 Å². The van der Waals surface area contributed by atoms with Crippen LogP contribution in [0.4, 0.5) is 41.2 Å². The molecule has 236 valence electrons. The van der Waals surface area contributed by atoms with Crippen molar-refractivity contribution in [2.24, 2.45) is 0 Å². The summed E-state index contributed by atoms with van der Waals surface area (Å²) in [5.41, 5.74) is -5.97. The van der Waals surface area contributed by atoms with Crippen molar-refractivity contribution in [3.05, 3.63) is 65.0 Å². The molecule has 0 unspecified atom stereocenters. The number of hydrogen-bond donors (Lipinski definition) is 4. The molecule has 15 heteroatoms. The zero-order chi connectivity index (χ0) is 31.6. The Morgan fingerprint density at radius 2 is 1.44 bits per heavy atom. The van der Waals surface area contributed by atoms with Crippen LogP contribution in [-0.4, -0.2) is 82.6 Å². The number of anilines is 1. The van der Waals surface area contributed by atoms with Crippen LogP contribution >= 0.6 is 0 Å². The van der Waals surface area contributed by atoms with Crippen LogP contribution in [0.1, 0.15) is 47.2 Å². The minimum absolute atomic E-state index is 0.0654. The van der Waals surface area contributed by atoms with Crippen molar-refractivity contribution in [1.82, 2.24) is 15.1 Å². The van der Waals surface area contributed by atoms with Gasteiger partial charge in [0, 0.05) is 49.9 Å². The van der Waals surface area contributed by atoms with Gasteiger partial charge in [-0.25, -0.2) is 9.18 Å². The molecular weight excluding hydrogens is 589 g/mol. The predicted octanol–water partition coefficient (Wildman–Crippen LogP) is 4.52. The van der Waals surface area contributed by atoms with Crippen molar-refractivity contribution in [1.29, 1.82) is 0 Å². The van der Waals surface area contributed by atoms with E-state index in [1.54, 1.807) is 0 Å². The first-order valence-electron chi connectivity index (χ1n) is 13.6. The molecule has 1 heterocycles. The van der Waals surface area contributed by atoms with Crippen molar-refractivity contribution in [3.8, 4) is 0 Å². The standard InChI is InChI=1S/C28H31F7N4O4/c29-22-15-18(3-10-23(22)37-25(42)36-20-6-8-21(40)9-7-20)24(41)39-13-11-38(12-14-39)16-17-1-4-19(5-2-17)26(43,27(30,31)32)28(33,34)35/h1-5,10,15,20-21,40,43H,6-9,11-14,16H2,(H2,36,37,42)/t20-,21-. The Hall–Kier alpha value is -3.43.